The number of carbonyl (C=O) groups excluding carboxylic acids is 1. The Balaban J connectivity index is 2.00. The Labute approximate surface area is 123 Å². The summed E-state index contributed by atoms with van der Waals surface area (Å²) in [7, 11) is 0. The van der Waals surface area contributed by atoms with Crippen LogP contribution in [0.1, 0.15) is 22.3 Å². The summed E-state index contributed by atoms with van der Waals surface area (Å²) >= 11 is 5.88. The number of aryl methyl sites for hydroxylation is 1. The molecule has 1 heterocycles. The molecule has 1 amide bonds. The molecule has 2 aromatic carbocycles. The topological polar surface area (TPSA) is 46.3 Å². The molecule has 0 spiro atoms. The number of amides is 1. The average Bonchev–Trinajstić information content (AvgIpc) is 2.46. The summed E-state index contributed by atoms with van der Waals surface area (Å²) in [5, 5.41) is 0.540. The molecular formula is C16H15ClN2O. The van der Waals surface area contributed by atoms with Crippen LogP contribution in [0.5, 0.6) is 0 Å². The zero-order valence-electron chi connectivity index (χ0n) is 11.0. The summed E-state index contributed by atoms with van der Waals surface area (Å²) in [5.74, 6) is -0.0636. The Morgan fingerprint density at radius 2 is 2.00 bits per heavy atom. The van der Waals surface area contributed by atoms with E-state index < -0.39 is 0 Å². The lowest BCUT2D eigenvalue weighted by atomic mass is 10.0. The fourth-order valence-corrected chi connectivity index (χ4v) is 2.80. The van der Waals surface area contributed by atoms with Gasteiger partial charge < -0.3 is 10.6 Å². The van der Waals surface area contributed by atoms with E-state index in [2.05, 4.69) is 6.07 Å². The molecule has 1 aliphatic rings. The lowest BCUT2D eigenvalue weighted by Crippen LogP contribution is -2.35. The number of hydrogen-bond donors (Lipinski definition) is 1. The number of fused-ring (bicyclic) bond motifs is 1. The van der Waals surface area contributed by atoms with Crippen LogP contribution >= 0.6 is 11.6 Å². The Morgan fingerprint density at radius 1 is 1.20 bits per heavy atom. The molecule has 0 saturated heterocycles. The molecule has 0 bridgehead atoms. The van der Waals surface area contributed by atoms with Crippen molar-refractivity contribution in [2.24, 2.45) is 0 Å². The van der Waals surface area contributed by atoms with E-state index in [1.54, 1.807) is 23.1 Å². The quantitative estimate of drug-likeness (QED) is 0.816. The highest BCUT2D eigenvalue weighted by molar-refractivity contribution is 6.31. The summed E-state index contributed by atoms with van der Waals surface area (Å²) in [5.41, 5.74) is 9.04. The van der Waals surface area contributed by atoms with Gasteiger partial charge in [0.2, 0.25) is 0 Å². The highest BCUT2D eigenvalue weighted by atomic mass is 35.5. The van der Waals surface area contributed by atoms with Crippen LogP contribution < -0.4 is 10.6 Å². The van der Waals surface area contributed by atoms with Gasteiger partial charge in [-0.2, -0.15) is 0 Å². The molecule has 3 rings (SSSR count). The molecule has 3 nitrogen and oxygen atoms in total. The number of nitrogen functional groups attached to an aromatic ring is 1. The predicted molar refractivity (Wildman–Crippen MR) is 82.3 cm³/mol. The number of nitrogens with zero attached hydrogens (tertiary/aromatic N) is 1. The van der Waals surface area contributed by atoms with Crippen molar-refractivity contribution in [3.8, 4) is 0 Å². The van der Waals surface area contributed by atoms with Crippen LogP contribution in [0, 0.1) is 0 Å². The van der Waals surface area contributed by atoms with Crippen LogP contribution in [0.15, 0.2) is 42.5 Å². The second-order valence-electron chi connectivity index (χ2n) is 4.92. The molecule has 20 heavy (non-hydrogen) atoms. The number of carbonyl (C=O) groups is 1. The summed E-state index contributed by atoms with van der Waals surface area (Å²) < 4.78 is 0. The molecule has 0 fully saturated rings. The van der Waals surface area contributed by atoms with Crippen LogP contribution in [-0.2, 0) is 6.42 Å². The van der Waals surface area contributed by atoms with Crippen LogP contribution in [-0.4, -0.2) is 12.5 Å². The van der Waals surface area contributed by atoms with E-state index in [4.69, 9.17) is 17.3 Å². The number of halogens is 1. The number of rotatable bonds is 1. The molecule has 0 atom stereocenters. The number of benzene rings is 2. The van der Waals surface area contributed by atoms with Gasteiger partial charge in [0.25, 0.3) is 5.91 Å². The van der Waals surface area contributed by atoms with Crippen molar-refractivity contribution in [3.63, 3.8) is 0 Å². The number of anilines is 2. The lowest BCUT2D eigenvalue weighted by molar-refractivity contribution is 0.0986. The summed E-state index contributed by atoms with van der Waals surface area (Å²) in [6.45, 7) is 0.720. The Morgan fingerprint density at radius 3 is 2.80 bits per heavy atom. The minimum absolute atomic E-state index is 0.0636. The molecule has 2 N–H and O–H groups in total. The Hall–Kier alpha value is -2.00. The maximum atomic E-state index is 12.7. The van der Waals surface area contributed by atoms with Gasteiger partial charge in [-0.25, -0.2) is 0 Å². The molecule has 2 aromatic rings. The summed E-state index contributed by atoms with van der Waals surface area (Å²) in [4.78, 5) is 14.5. The van der Waals surface area contributed by atoms with Crippen molar-refractivity contribution in [1.82, 2.24) is 0 Å². The Kier molecular flexibility index (Phi) is 3.36. The molecule has 0 radical (unpaired) electrons. The van der Waals surface area contributed by atoms with Gasteiger partial charge in [0.05, 0.1) is 5.56 Å². The third-order valence-electron chi connectivity index (χ3n) is 3.60. The van der Waals surface area contributed by atoms with Crippen LogP contribution in [0.3, 0.4) is 0 Å². The summed E-state index contributed by atoms with van der Waals surface area (Å²) in [6, 6.07) is 13.0. The van der Waals surface area contributed by atoms with Gasteiger partial charge in [-0.1, -0.05) is 29.8 Å². The van der Waals surface area contributed by atoms with E-state index in [0.717, 1.165) is 25.1 Å². The van der Waals surface area contributed by atoms with Gasteiger partial charge in [-0.05, 0) is 42.7 Å². The van der Waals surface area contributed by atoms with Gasteiger partial charge in [0.1, 0.15) is 0 Å². The van der Waals surface area contributed by atoms with Crippen molar-refractivity contribution in [2.45, 2.75) is 12.8 Å². The molecule has 4 heteroatoms. The Bertz CT molecular complexity index is 669. The zero-order chi connectivity index (χ0) is 14.1. The fraction of sp³-hybridized carbons (Fsp3) is 0.188. The van der Waals surface area contributed by atoms with Crippen molar-refractivity contribution in [2.75, 3.05) is 17.2 Å². The first-order chi connectivity index (χ1) is 9.66. The van der Waals surface area contributed by atoms with Crippen molar-refractivity contribution in [1.29, 1.82) is 0 Å². The first kappa shape index (κ1) is 13.0. The van der Waals surface area contributed by atoms with E-state index in [0.29, 0.717) is 16.3 Å². The largest absolute Gasteiger partial charge is 0.398 e. The molecule has 0 aromatic heterocycles. The second-order valence-corrected chi connectivity index (χ2v) is 5.36. The molecule has 1 aliphatic heterocycles. The standard InChI is InChI=1S/C16H15ClN2O/c17-12-7-8-13(14(18)10-12)16(20)19-9-3-5-11-4-1-2-6-15(11)19/h1-2,4,6-8,10H,3,5,9,18H2. The SMILES string of the molecule is Nc1cc(Cl)ccc1C(=O)N1CCCc2ccccc21. The van der Waals surface area contributed by atoms with E-state index in [9.17, 15) is 4.79 Å². The maximum Gasteiger partial charge on any atom is 0.260 e. The summed E-state index contributed by atoms with van der Waals surface area (Å²) in [6.07, 6.45) is 1.98. The molecule has 102 valence electrons. The van der Waals surface area contributed by atoms with E-state index in [1.165, 1.54) is 5.56 Å². The van der Waals surface area contributed by atoms with Crippen molar-refractivity contribution >= 4 is 28.9 Å². The highest BCUT2D eigenvalue weighted by Gasteiger charge is 2.24. The molecule has 0 saturated carbocycles. The third kappa shape index (κ3) is 2.25. The van der Waals surface area contributed by atoms with Crippen LogP contribution in [0.25, 0.3) is 0 Å². The van der Waals surface area contributed by atoms with Gasteiger partial charge in [0, 0.05) is 22.9 Å². The van der Waals surface area contributed by atoms with Gasteiger partial charge >= 0.3 is 0 Å². The first-order valence-electron chi connectivity index (χ1n) is 6.61. The number of hydrogen-bond acceptors (Lipinski definition) is 2. The monoisotopic (exact) mass is 286 g/mol. The van der Waals surface area contributed by atoms with E-state index >= 15 is 0 Å². The van der Waals surface area contributed by atoms with Gasteiger partial charge in [0.15, 0.2) is 0 Å². The molecular weight excluding hydrogens is 272 g/mol. The number of para-hydroxylation sites is 1. The van der Waals surface area contributed by atoms with E-state index in [-0.39, 0.29) is 5.91 Å². The maximum absolute atomic E-state index is 12.7. The zero-order valence-corrected chi connectivity index (χ0v) is 11.7. The van der Waals surface area contributed by atoms with Gasteiger partial charge in [-0.3, -0.25) is 4.79 Å². The van der Waals surface area contributed by atoms with E-state index in [1.807, 2.05) is 18.2 Å². The smallest absolute Gasteiger partial charge is 0.260 e. The van der Waals surface area contributed by atoms with Crippen molar-refractivity contribution < 1.29 is 4.79 Å². The van der Waals surface area contributed by atoms with Crippen LogP contribution in [0.2, 0.25) is 5.02 Å². The third-order valence-corrected chi connectivity index (χ3v) is 3.83. The average molecular weight is 287 g/mol. The van der Waals surface area contributed by atoms with Crippen molar-refractivity contribution in [3.05, 3.63) is 58.6 Å². The van der Waals surface area contributed by atoms with Gasteiger partial charge in [-0.15, -0.1) is 0 Å². The molecule has 0 unspecified atom stereocenters. The first-order valence-corrected chi connectivity index (χ1v) is 6.99. The van der Waals surface area contributed by atoms with Crippen LogP contribution in [0.4, 0.5) is 11.4 Å². The normalized spacial score (nSPS) is 13.9. The fourth-order valence-electron chi connectivity index (χ4n) is 2.62. The molecule has 0 aliphatic carbocycles. The number of nitrogens with two attached hydrogens (primary N) is 1. The minimum atomic E-state index is -0.0636. The minimum Gasteiger partial charge on any atom is -0.398 e. The second kappa shape index (κ2) is 5.17. The predicted octanol–water partition coefficient (Wildman–Crippen LogP) is 3.52. The lowest BCUT2D eigenvalue weighted by Gasteiger charge is -2.29. The highest BCUT2D eigenvalue weighted by Crippen LogP contribution is 2.29.